The lowest BCUT2D eigenvalue weighted by atomic mass is 10.0. The highest BCUT2D eigenvalue weighted by molar-refractivity contribution is 5.68. The topological polar surface area (TPSA) is 61.8 Å². The van der Waals surface area contributed by atoms with Crippen LogP contribution in [0.2, 0.25) is 0 Å². The Kier molecular flexibility index (Phi) is 5.52. The summed E-state index contributed by atoms with van der Waals surface area (Å²) in [5.74, 6) is 0. The maximum atomic E-state index is 12.2. The number of ether oxygens (including phenoxy) is 1. The zero-order valence-corrected chi connectivity index (χ0v) is 14.5. The molecule has 1 amide bonds. The monoisotopic (exact) mass is 320 g/mol. The molecule has 1 aliphatic rings. The molecular formula is C18H28N2O3. The second kappa shape index (κ2) is 7.21. The van der Waals surface area contributed by atoms with Crippen LogP contribution in [0.5, 0.6) is 0 Å². The highest BCUT2D eigenvalue weighted by Gasteiger charge is 2.27. The number of benzene rings is 1. The van der Waals surface area contributed by atoms with Crippen LogP contribution in [0.3, 0.4) is 0 Å². The van der Waals surface area contributed by atoms with E-state index in [1.165, 1.54) is 0 Å². The maximum absolute atomic E-state index is 12.2. The van der Waals surface area contributed by atoms with E-state index in [1.54, 1.807) is 11.8 Å². The van der Waals surface area contributed by atoms with Crippen molar-refractivity contribution >= 4 is 11.8 Å². The first-order chi connectivity index (χ1) is 10.7. The number of carbonyl (C=O) groups is 1. The molecule has 0 aliphatic carbocycles. The average molecular weight is 320 g/mol. The predicted molar refractivity (Wildman–Crippen MR) is 91.5 cm³/mol. The smallest absolute Gasteiger partial charge is 0.410 e. The van der Waals surface area contributed by atoms with Gasteiger partial charge in [0.2, 0.25) is 0 Å². The van der Waals surface area contributed by atoms with Crippen molar-refractivity contribution in [2.75, 3.05) is 18.4 Å². The number of aliphatic hydroxyl groups is 1. The summed E-state index contributed by atoms with van der Waals surface area (Å²) in [6.07, 6.45) is 1.23. The van der Waals surface area contributed by atoms with Gasteiger partial charge in [0.05, 0.1) is 6.10 Å². The fourth-order valence-electron chi connectivity index (χ4n) is 2.71. The Morgan fingerprint density at radius 3 is 2.83 bits per heavy atom. The summed E-state index contributed by atoms with van der Waals surface area (Å²) in [5.41, 5.74) is 1.39. The summed E-state index contributed by atoms with van der Waals surface area (Å²) >= 11 is 0. The van der Waals surface area contributed by atoms with Crippen LogP contribution in [0.4, 0.5) is 10.5 Å². The van der Waals surface area contributed by atoms with Gasteiger partial charge in [0, 0.05) is 24.8 Å². The third-order valence-electron chi connectivity index (χ3n) is 3.81. The highest BCUT2D eigenvalue weighted by atomic mass is 16.6. The van der Waals surface area contributed by atoms with Gasteiger partial charge in [0.1, 0.15) is 5.60 Å². The summed E-state index contributed by atoms with van der Waals surface area (Å²) in [6.45, 7) is 8.77. The number of rotatable bonds is 3. The molecular weight excluding hydrogens is 292 g/mol. The van der Waals surface area contributed by atoms with Gasteiger partial charge < -0.3 is 20.1 Å². The van der Waals surface area contributed by atoms with Crippen molar-refractivity contribution in [2.24, 2.45) is 0 Å². The predicted octanol–water partition coefficient (Wildman–Crippen LogP) is 3.55. The van der Waals surface area contributed by atoms with Gasteiger partial charge in [-0.25, -0.2) is 4.79 Å². The van der Waals surface area contributed by atoms with E-state index in [-0.39, 0.29) is 12.1 Å². The van der Waals surface area contributed by atoms with Crippen LogP contribution in [0.15, 0.2) is 24.3 Å². The second-order valence-corrected chi connectivity index (χ2v) is 7.21. The molecule has 1 aliphatic heterocycles. The lowest BCUT2D eigenvalue weighted by Crippen LogP contribution is -2.46. The molecule has 1 aromatic carbocycles. The van der Waals surface area contributed by atoms with Gasteiger partial charge in [-0.3, -0.25) is 0 Å². The first-order valence-electron chi connectivity index (χ1n) is 8.27. The van der Waals surface area contributed by atoms with Crippen LogP contribution in [-0.4, -0.2) is 40.8 Å². The molecule has 0 radical (unpaired) electrons. The Labute approximate surface area is 138 Å². The standard InChI is InChI=1S/C18H28N2O3/c1-13(21)14-7-5-8-15(11-14)19-16-9-6-10-20(12-16)17(22)23-18(2,3)4/h5,7-8,11,13,16,19,21H,6,9-10,12H2,1-4H3. The molecule has 5 heteroatoms. The molecule has 23 heavy (non-hydrogen) atoms. The number of amides is 1. The van der Waals surface area contributed by atoms with Crippen molar-refractivity contribution in [1.82, 2.24) is 4.90 Å². The summed E-state index contributed by atoms with van der Waals surface area (Å²) < 4.78 is 5.45. The summed E-state index contributed by atoms with van der Waals surface area (Å²) in [5, 5.41) is 13.1. The third-order valence-corrected chi connectivity index (χ3v) is 3.81. The largest absolute Gasteiger partial charge is 0.444 e. The lowest BCUT2D eigenvalue weighted by Gasteiger charge is -2.34. The molecule has 1 heterocycles. The fraction of sp³-hybridized carbons (Fsp3) is 0.611. The van der Waals surface area contributed by atoms with Crippen molar-refractivity contribution < 1.29 is 14.6 Å². The fourth-order valence-corrected chi connectivity index (χ4v) is 2.71. The van der Waals surface area contributed by atoms with Gasteiger partial charge in [-0.15, -0.1) is 0 Å². The van der Waals surface area contributed by atoms with Crippen molar-refractivity contribution in [2.45, 2.75) is 58.3 Å². The van der Waals surface area contributed by atoms with Gasteiger partial charge in [0.15, 0.2) is 0 Å². The number of piperidine rings is 1. The Morgan fingerprint density at radius 2 is 2.17 bits per heavy atom. The molecule has 2 atom stereocenters. The Balaban J connectivity index is 1.96. The van der Waals surface area contributed by atoms with Gasteiger partial charge in [0.25, 0.3) is 0 Å². The first-order valence-corrected chi connectivity index (χ1v) is 8.27. The van der Waals surface area contributed by atoms with E-state index < -0.39 is 11.7 Å². The zero-order chi connectivity index (χ0) is 17.0. The molecule has 0 aromatic heterocycles. The molecule has 0 spiro atoms. The lowest BCUT2D eigenvalue weighted by molar-refractivity contribution is 0.0206. The molecule has 0 saturated carbocycles. The molecule has 5 nitrogen and oxygen atoms in total. The average Bonchev–Trinajstić information content (AvgIpc) is 2.46. The van der Waals surface area contributed by atoms with E-state index in [0.29, 0.717) is 6.54 Å². The van der Waals surface area contributed by atoms with Crippen LogP contribution in [0.1, 0.15) is 52.2 Å². The number of nitrogens with one attached hydrogen (secondary N) is 1. The van der Waals surface area contributed by atoms with E-state index in [2.05, 4.69) is 5.32 Å². The van der Waals surface area contributed by atoms with Gasteiger partial charge in [-0.05, 0) is 58.2 Å². The Hall–Kier alpha value is -1.75. The van der Waals surface area contributed by atoms with Crippen LogP contribution in [0.25, 0.3) is 0 Å². The second-order valence-electron chi connectivity index (χ2n) is 7.21. The van der Waals surface area contributed by atoms with E-state index in [0.717, 1.165) is 30.6 Å². The first kappa shape index (κ1) is 17.6. The van der Waals surface area contributed by atoms with Crippen LogP contribution < -0.4 is 5.32 Å². The summed E-state index contributed by atoms with van der Waals surface area (Å²) in [4.78, 5) is 14.0. The van der Waals surface area contributed by atoms with Crippen LogP contribution in [0, 0.1) is 0 Å². The van der Waals surface area contributed by atoms with Crippen molar-refractivity contribution in [1.29, 1.82) is 0 Å². The van der Waals surface area contributed by atoms with Crippen molar-refractivity contribution in [3.05, 3.63) is 29.8 Å². The Morgan fingerprint density at radius 1 is 1.43 bits per heavy atom. The van der Waals surface area contributed by atoms with Crippen LogP contribution >= 0.6 is 0 Å². The van der Waals surface area contributed by atoms with Gasteiger partial charge >= 0.3 is 6.09 Å². The summed E-state index contributed by atoms with van der Waals surface area (Å²) in [7, 11) is 0. The number of carbonyl (C=O) groups excluding carboxylic acids is 1. The number of likely N-dealkylation sites (tertiary alicyclic amines) is 1. The summed E-state index contributed by atoms with van der Waals surface area (Å²) in [6, 6.07) is 7.97. The van der Waals surface area contributed by atoms with Crippen molar-refractivity contribution in [3.8, 4) is 0 Å². The van der Waals surface area contributed by atoms with E-state index in [9.17, 15) is 9.90 Å². The number of anilines is 1. The van der Waals surface area contributed by atoms with Gasteiger partial charge in [-0.1, -0.05) is 12.1 Å². The number of hydrogen-bond donors (Lipinski definition) is 2. The number of hydrogen-bond acceptors (Lipinski definition) is 4. The van der Waals surface area contributed by atoms with Crippen molar-refractivity contribution in [3.63, 3.8) is 0 Å². The minimum absolute atomic E-state index is 0.195. The molecule has 2 rings (SSSR count). The Bertz CT molecular complexity index is 537. The molecule has 1 fully saturated rings. The van der Waals surface area contributed by atoms with E-state index in [4.69, 9.17) is 4.74 Å². The van der Waals surface area contributed by atoms with E-state index >= 15 is 0 Å². The highest BCUT2D eigenvalue weighted by Crippen LogP contribution is 2.21. The molecule has 1 aromatic rings. The zero-order valence-electron chi connectivity index (χ0n) is 14.5. The third kappa shape index (κ3) is 5.43. The molecule has 1 saturated heterocycles. The van der Waals surface area contributed by atoms with Gasteiger partial charge in [-0.2, -0.15) is 0 Å². The molecule has 2 unspecified atom stereocenters. The normalized spacial score (nSPS) is 20.0. The van der Waals surface area contributed by atoms with E-state index in [1.807, 2.05) is 45.0 Å². The number of nitrogens with zero attached hydrogens (tertiary/aromatic N) is 1. The quantitative estimate of drug-likeness (QED) is 0.894. The number of aliphatic hydroxyl groups excluding tert-OH is 1. The maximum Gasteiger partial charge on any atom is 0.410 e. The SMILES string of the molecule is CC(O)c1cccc(NC2CCCN(C(=O)OC(C)(C)C)C2)c1. The molecule has 0 bridgehead atoms. The molecule has 2 N–H and O–H groups in total. The minimum Gasteiger partial charge on any atom is -0.444 e. The van der Waals surface area contributed by atoms with Crippen LogP contribution in [-0.2, 0) is 4.74 Å². The minimum atomic E-state index is -0.485. The molecule has 128 valence electrons.